The normalized spacial score (nSPS) is 10.7. The highest BCUT2D eigenvalue weighted by Gasteiger charge is 2.13. The summed E-state index contributed by atoms with van der Waals surface area (Å²) in [5, 5.41) is 4.12. The molecule has 0 aliphatic heterocycles. The number of anilines is 1. The van der Waals surface area contributed by atoms with Gasteiger partial charge in [0, 0.05) is 20.6 Å². The van der Waals surface area contributed by atoms with Crippen LogP contribution in [0.4, 0.5) is 10.5 Å². The smallest absolute Gasteiger partial charge is 0.408 e. The van der Waals surface area contributed by atoms with Gasteiger partial charge in [-0.3, -0.25) is 5.32 Å². The van der Waals surface area contributed by atoms with E-state index in [1.165, 1.54) is 0 Å². The summed E-state index contributed by atoms with van der Waals surface area (Å²) in [4.78, 5) is 16.6. The Morgan fingerprint density at radius 2 is 1.96 bits per heavy atom. The first-order chi connectivity index (χ1) is 11.5. The van der Waals surface area contributed by atoms with Crippen molar-refractivity contribution < 1.29 is 9.53 Å². The van der Waals surface area contributed by atoms with Crippen LogP contribution < -0.4 is 10.1 Å². The second kappa shape index (κ2) is 7.09. The number of carbonyl (C=O) groups excluding carboxylic acids is 1. The van der Waals surface area contributed by atoms with Gasteiger partial charge >= 0.3 is 6.09 Å². The van der Waals surface area contributed by atoms with E-state index in [1.54, 1.807) is 30.3 Å². The third kappa shape index (κ3) is 3.55. The number of nitrogens with one attached hydrogen (secondary N) is 1. The van der Waals surface area contributed by atoms with Gasteiger partial charge in [-0.05, 0) is 68.6 Å². The van der Waals surface area contributed by atoms with Gasteiger partial charge in [0.25, 0.3) is 0 Å². The summed E-state index contributed by atoms with van der Waals surface area (Å²) in [6.45, 7) is 1.83. The Kier molecular flexibility index (Phi) is 5.08. The molecule has 0 spiro atoms. The third-order valence-corrected chi connectivity index (χ3v) is 4.90. The van der Waals surface area contributed by atoms with Crippen molar-refractivity contribution in [2.75, 3.05) is 5.32 Å². The first kappa shape index (κ1) is 17.2. The highest BCUT2D eigenvalue weighted by atomic mass is 79.9. The van der Waals surface area contributed by atoms with Crippen molar-refractivity contribution >= 4 is 66.1 Å². The Labute approximate surface area is 160 Å². The van der Waals surface area contributed by atoms with Gasteiger partial charge in [0.1, 0.15) is 10.1 Å². The van der Waals surface area contributed by atoms with Gasteiger partial charge in [0.15, 0.2) is 5.75 Å². The fourth-order valence-corrected chi connectivity index (χ4v) is 3.64. The van der Waals surface area contributed by atoms with Crippen LogP contribution in [0.5, 0.6) is 5.75 Å². The summed E-state index contributed by atoms with van der Waals surface area (Å²) in [7, 11) is 0. The molecule has 0 atom stereocenters. The Balaban J connectivity index is 1.90. The predicted octanol–water partition coefficient (Wildman–Crippen LogP) is 6.33. The maximum Gasteiger partial charge on any atom is 0.417 e. The molecule has 0 unspecified atom stereocenters. The lowest BCUT2D eigenvalue weighted by Crippen LogP contribution is -2.17. The van der Waals surface area contributed by atoms with Gasteiger partial charge in [0.2, 0.25) is 0 Å². The molecule has 1 heterocycles. The molecule has 0 saturated heterocycles. The molecule has 24 heavy (non-hydrogen) atoms. The lowest BCUT2D eigenvalue weighted by atomic mass is 10.2. The molecule has 1 aromatic heterocycles. The van der Waals surface area contributed by atoms with Gasteiger partial charge in [-0.1, -0.05) is 29.8 Å². The summed E-state index contributed by atoms with van der Waals surface area (Å²) >= 11 is 12.9. The predicted molar refractivity (Wildman–Crippen MR) is 103 cm³/mol. The molecule has 7 heteroatoms. The maximum absolute atomic E-state index is 12.2. The van der Waals surface area contributed by atoms with Crippen LogP contribution in [-0.2, 0) is 0 Å². The molecule has 1 amide bonds. The lowest BCUT2D eigenvalue weighted by Gasteiger charge is -2.11. The van der Waals surface area contributed by atoms with Crippen molar-refractivity contribution in [2.24, 2.45) is 0 Å². The first-order valence-corrected chi connectivity index (χ1v) is 8.91. The second-order valence-electron chi connectivity index (χ2n) is 5.01. The van der Waals surface area contributed by atoms with E-state index in [-0.39, 0.29) is 0 Å². The molecule has 4 nitrogen and oxygen atoms in total. The summed E-state index contributed by atoms with van der Waals surface area (Å²) in [6, 6.07) is 12.5. The molecular weight excluding hydrogens is 459 g/mol. The van der Waals surface area contributed by atoms with Crippen molar-refractivity contribution in [1.82, 2.24) is 4.98 Å². The number of nitrogens with zero attached hydrogens (tertiary/aromatic N) is 1. The molecule has 3 aromatic rings. The van der Waals surface area contributed by atoms with Gasteiger partial charge < -0.3 is 4.74 Å². The number of hydrogen-bond acceptors (Lipinski definition) is 3. The number of halogens is 3. The van der Waals surface area contributed by atoms with E-state index in [2.05, 4.69) is 42.2 Å². The highest BCUT2D eigenvalue weighted by Crippen LogP contribution is 2.32. The summed E-state index contributed by atoms with van der Waals surface area (Å²) in [6.07, 6.45) is -0.606. The van der Waals surface area contributed by atoms with Crippen molar-refractivity contribution in [2.45, 2.75) is 6.92 Å². The lowest BCUT2D eigenvalue weighted by molar-refractivity contribution is 0.215. The quantitative estimate of drug-likeness (QED) is 0.445. The van der Waals surface area contributed by atoms with Crippen LogP contribution in [0.1, 0.15) is 5.56 Å². The number of carbonyl (C=O) groups is 1. The Hall–Kier alpha value is -1.63. The number of ether oxygens (including phenoxy) is 1. The van der Waals surface area contributed by atoms with Crippen LogP contribution in [0.3, 0.4) is 0 Å². The first-order valence-electron chi connectivity index (χ1n) is 6.94. The molecule has 0 aliphatic rings. The van der Waals surface area contributed by atoms with Gasteiger partial charge in [-0.15, -0.1) is 0 Å². The monoisotopic (exact) mass is 468 g/mol. The van der Waals surface area contributed by atoms with E-state index in [9.17, 15) is 4.79 Å². The molecule has 1 N–H and O–H groups in total. The third-order valence-electron chi connectivity index (χ3n) is 3.43. The number of benzene rings is 2. The molecule has 0 bridgehead atoms. The van der Waals surface area contributed by atoms with Crippen LogP contribution >= 0.6 is 43.5 Å². The fraction of sp³-hybridized carbons (Fsp3) is 0.0588. The zero-order valence-electron chi connectivity index (χ0n) is 12.4. The molecule has 0 saturated carbocycles. The number of amides is 1. The second-order valence-corrected chi connectivity index (χ2v) is 7.08. The Morgan fingerprint density at radius 1 is 1.21 bits per heavy atom. The van der Waals surface area contributed by atoms with E-state index in [0.29, 0.717) is 26.6 Å². The van der Waals surface area contributed by atoms with E-state index < -0.39 is 6.09 Å². The Morgan fingerprint density at radius 3 is 2.75 bits per heavy atom. The molecule has 2 aromatic carbocycles. The summed E-state index contributed by atoms with van der Waals surface area (Å²) in [5.74, 6) is 0.367. The average Bonchev–Trinajstić information content (AvgIpc) is 2.52. The number of hydrogen-bond donors (Lipinski definition) is 1. The van der Waals surface area contributed by atoms with E-state index in [0.717, 1.165) is 15.4 Å². The van der Waals surface area contributed by atoms with E-state index in [1.807, 2.05) is 19.1 Å². The standard InChI is InChI=1S/C17H11Br2ClN2O2/c1-9-12(20)5-3-6-13(9)21-17(23)24-14-7-2-4-10-11(18)8-15(19)22-16(10)14/h2-8H,1H3,(H,21,23). The minimum absolute atomic E-state index is 0.367. The van der Waals surface area contributed by atoms with Crippen molar-refractivity contribution in [3.63, 3.8) is 0 Å². The number of aromatic nitrogens is 1. The molecular formula is C17H11Br2ClN2O2. The minimum atomic E-state index is -0.606. The summed E-state index contributed by atoms with van der Waals surface area (Å²) < 4.78 is 6.94. The molecule has 0 fully saturated rings. The SMILES string of the molecule is Cc1c(Cl)cccc1NC(=O)Oc1cccc2c(Br)cc(Br)nc12. The number of rotatable bonds is 2. The van der Waals surface area contributed by atoms with Gasteiger partial charge in [-0.25, -0.2) is 9.78 Å². The van der Waals surface area contributed by atoms with Crippen LogP contribution in [0.2, 0.25) is 5.02 Å². The van der Waals surface area contributed by atoms with Gasteiger partial charge in [-0.2, -0.15) is 0 Å². The highest BCUT2D eigenvalue weighted by molar-refractivity contribution is 9.11. The van der Waals surface area contributed by atoms with Crippen molar-refractivity contribution in [3.8, 4) is 5.75 Å². The number of para-hydroxylation sites is 1. The maximum atomic E-state index is 12.2. The molecule has 3 rings (SSSR count). The van der Waals surface area contributed by atoms with Crippen LogP contribution in [0.25, 0.3) is 10.9 Å². The Bertz CT molecular complexity index is 947. The largest absolute Gasteiger partial charge is 0.417 e. The molecule has 0 radical (unpaired) electrons. The van der Waals surface area contributed by atoms with Crippen molar-refractivity contribution in [1.29, 1.82) is 0 Å². The fourth-order valence-electron chi connectivity index (χ4n) is 2.21. The van der Waals surface area contributed by atoms with Crippen LogP contribution in [0.15, 0.2) is 51.5 Å². The van der Waals surface area contributed by atoms with E-state index >= 15 is 0 Å². The van der Waals surface area contributed by atoms with Crippen LogP contribution in [0, 0.1) is 6.92 Å². The average molecular weight is 471 g/mol. The topological polar surface area (TPSA) is 51.2 Å². The number of pyridine rings is 1. The zero-order valence-corrected chi connectivity index (χ0v) is 16.4. The summed E-state index contributed by atoms with van der Waals surface area (Å²) in [5.41, 5.74) is 1.96. The molecule has 0 aliphatic carbocycles. The minimum Gasteiger partial charge on any atom is -0.408 e. The van der Waals surface area contributed by atoms with E-state index in [4.69, 9.17) is 16.3 Å². The van der Waals surface area contributed by atoms with Crippen LogP contribution in [-0.4, -0.2) is 11.1 Å². The molecule has 122 valence electrons. The number of fused-ring (bicyclic) bond motifs is 1. The van der Waals surface area contributed by atoms with Gasteiger partial charge in [0.05, 0.1) is 0 Å². The zero-order chi connectivity index (χ0) is 17.3. The van der Waals surface area contributed by atoms with Crippen molar-refractivity contribution in [3.05, 3.63) is 62.1 Å².